The molecule has 1 rings (SSSR count). The van der Waals surface area contributed by atoms with Crippen molar-refractivity contribution < 1.29 is 13.7 Å². The minimum Gasteiger partial charge on any atom is -0.497 e. The van der Waals surface area contributed by atoms with Crippen molar-refractivity contribution >= 4 is 11.0 Å². The molecule has 1 aromatic rings. The van der Waals surface area contributed by atoms with Crippen LogP contribution in [0.5, 0.6) is 11.5 Å². The van der Waals surface area contributed by atoms with Crippen LogP contribution in [0, 0.1) is 0 Å². The Balaban J connectivity index is 3.15. The molecule has 0 unspecified atom stereocenters. The first-order valence-corrected chi connectivity index (χ1v) is 4.78. The molecule has 0 aliphatic heterocycles. The number of ether oxygens (including phenoxy) is 2. The molecule has 0 heterocycles. The second-order valence-corrected chi connectivity index (χ2v) is 3.35. The zero-order valence-electron chi connectivity index (χ0n) is 7.44. The third kappa shape index (κ3) is 2.19. The van der Waals surface area contributed by atoms with Crippen molar-refractivity contribution in [2.24, 2.45) is 5.14 Å². The molecule has 0 radical (unpaired) electrons. The Morgan fingerprint density at radius 2 is 2.00 bits per heavy atom. The third-order valence-corrected chi connectivity index (χ3v) is 2.36. The van der Waals surface area contributed by atoms with Gasteiger partial charge in [0.25, 0.3) is 0 Å². The fraction of sp³-hybridized carbons (Fsp3) is 0.250. The van der Waals surface area contributed by atoms with Crippen LogP contribution in [-0.4, -0.2) is 18.4 Å². The Bertz CT molecular complexity index is 327. The molecule has 1 atom stereocenters. The summed E-state index contributed by atoms with van der Waals surface area (Å²) in [6.45, 7) is 0. The second-order valence-electron chi connectivity index (χ2n) is 2.31. The first-order chi connectivity index (χ1) is 6.19. The Morgan fingerprint density at radius 3 is 2.46 bits per heavy atom. The normalized spacial score (nSPS) is 12.2. The summed E-state index contributed by atoms with van der Waals surface area (Å²) in [5, 5.41) is 5.23. The van der Waals surface area contributed by atoms with Crippen molar-refractivity contribution in [2.75, 3.05) is 14.2 Å². The topological polar surface area (TPSA) is 61.5 Å². The lowest BCUT2D eigenvalue weighted by Crippen LogP contribution is -2.04. The average molecular weight is 201 g/mol. The Hall–Kier alpha value is -1.07. The fourth-order valence-electron chi connectivity index (χ4n) is 0.941. The number of hydrogen-bond acceptors (Lipinski definition) is 3. The van der Waals surface area contributed by atoms with Gasteiger partial charge in [0.15, 0.2) is 0 Å². The predicted molar refractivity (Wildman–Crippen MR) is 50.1 cm³/mol. The molecule has 72 valence electrons. The molecule has 0 amide bonds. The van der Waals surface area contributed by atoms with Gasteiger partial charge in [-0.3, -0.25) is 0 Å². The molecule has 1 aromatic carbocycles. The van der Waals surface area contributed by atoms with E-state index in [9.17, 15) is 4.21 Å². The van der Waals surface area contributed by atoms with Crippen LogP contribution in [0.25, 0.3) is 0 Å². The average Bonchev–Trinajstić information content (AvgIpc) is 2.16. The largest absolute Gasteiger partial charge is 0.497 e. The van der Waals surface area contributed by atoms with E-state index in [0.717, 1.165) is 0 Å². The summed E-state index contributed by atoms with van der Waals surface area (Å²) in [4.78, 5) is 0.461. The maximum Gasteiger partial charge on any atom is 0.140 e. The van der Waals surface area contributed by atoms with Crippen molar-refractivity contribution in [1.82, 2.24) is 0 Å². The van der Waals surface area contributed by atoms with Crippen LogP contribution in [-0.2, 0) is 11.0 Å². The van der Waals surface area contributed by atoms with Crippen molar-refractivity contribution in [1.29, 1.82) is 0 Å². The van der Waals surface area contributed by atoms with Gasteiger partial charge in [-0.15, -0.1) is 0 Å². The van der Waals surface area contributed by atoms with Gasteiger partial charge in [0.05, 0.1) is 19.1 Å². The summed E-state index contributed by atoms with van der Waals surface area (Å²) in [7, 11) is 1.51. The van der Waals surface area contributed by atoms with Crippen LogP contribution in [0.15, 0.2) is 23.1 Å². The van der Waals surface area contributed by atoms with Crippen LogP contribution < -0.4 is 14.6 Å². The first-order valence-electron chi connectivity index (χ1n) is 3.57. The zero-order chi connectivity index (χ0) is 9.84. The molecule has 0 saturated heterocycles. The molecular weight excluding hydrogens is 190 g/mol. The van der Waals surface area contributed by atoms with Gasteiger partial charge in [-0.1, -0.05) is 0 Å². The minimum absolute atomic E-state index is 0.461. The predicted octanol–water partition coefficient (Wildman–Crippen LogP) is 0.685. The van der Waals surface area contributed by atoms with E-state index in [1.807, 2.05) is 0 Å². The van der Waals surface area contributed by atoms with Gasteiger partial charge in [-0.25, -0.2) is 9.35 Å². The lowest BCUT2D eigenvalue weighted by atomic mass is 10.3. The maximum atomic E-state index is 11.0. The number of methoxy groups -OCH3 is 2. The van der Waals surface area contributed by atoms with Crippen molar-refractivity contribution in [2.45, 2.75) is 4.90 Å². The van der Waals surface area contributed by atoms with E-state index in [1.165, 1.54) is 7.11 Å². The fourth-order valence-corrected chi connectivity index (χ4v) is 1.48. The molecule has 0 aliphatic rings. The number of benzene rings is 1. The molecule has 0 spiro atoms. The highest BCUT2D eigenvalue weighted by Gasteiger charge is 2.07. The van der Waals surface area contributed by atoms with Crippen LogP contribution in [0.2, 0.25) is 0 Å². The summed E-state index contributed by atoms with van der Waals surface area (Å²) in [5.74, 6) is 1.12. The van der Waals surface area contributed by atoms with Gasteiger partial charge in [-0.2, -0.15) is 0 Å². The molecule has 0 fully saturated rings. The molecule has 4 nitrogen and oxygen atoms in total. The lowest BCUT2D eigenvalue weighted by molar-refractivity contribution is 0.387. The van der Waals surface area contributed by atoms with Gasteiger partial charge < -0.3 is 9.47 Å². The summed E-state index contributed by atoms with van der Waals surface area (Å²) in [6, 6.07) is 4.94. The van der Waals surface area contributed by atoms with Gasteiger partial charge in [0, 0.05) is 6.07 Å². The summed E-state index contributed by atoms with van der Waals surface area (Å²) in [5.41, 5.74) is 0. The standard InChI is InChI=1S/C8H11NO3S/c1-11-6-3-4-8(13(9)10)7(5-6)12-2/h3-5H,9H2,1-2H3/t13-/m0/s1. The Labute approximate surface area is 79.2 Å². The van der Waals surface area contributed by atoms with Gasteiger partial charge in [-0.05, 0) is 12.1 Å². The zero-order valence-corrected chi connectivity index (χ0v) is 8.26. The van der Waals surface area contributed by atoms with Gasteiger partial charge in [0.2, 0.25) is 0 Å². The summed E-state index contributed by atoms with van der Waals surface area (Å²) >= 11 is 0. The third-order valence-electron chi connectivity index (χ3n) is 1.59. The van der Waals surface area contributed by atoms with E-state index >= 15 is 0 Å². The molecule has 2 N–H and O–H groups in total. The monoisotopic (exact) mass is 201 g/mol. The highest BCUT2D eigenvalue weighted by Crippen LogP contribution is 2.25. The smallest absolute Gasteiger partial charge is 0.140 e. The van der Waals surface area contributed by atoms with Crippen molar-refractivity contribution in [3.05, 3.63) is 18.2 Å². The Morgan fingerprint density at radius 1 is 1.31 bits per heavy atom. The molecule has 0 saturated carbocycles. The Kier molecular flexibility index (Phi) is 3.27. The quantitative estimate of drug-likeness (QED) is 0.782. The van der Waals surface area contributed by atoms with E-state index in [4.69, 9.17) is 14.6 Å². The van der Waals surface area contributed by atoms with Crippen LogP contribution in [0.4, 0.5) is 0 Å². The highest BCUT2D eigenvalue weighted by atomic mass is 32.2. The maximum absolute atomic E-state index is 11.0. The molecule has 0 aliphatic carbocycles. The molecule has 5 heteroatoms. The lowest BCUT2D eigenvalue weighted by Gasteiger charge is -2.07. The highest BCUT2D eigenvalue weighted by molar-refractivity contribution is 7.82. The number of rotatable bonds is 3. The molecule has 0 bridgehead atoms. The first kappa shape index (κ1) is 10.0. The summed E-state index contributed by atoms with van der Waals surface area (Å²) < 4.78 is 21.0. The molecular formula is C8H11NO3S. The van der Waals surface area contributed by atoms with Crippen LogP contribution >= 0.6 is 0 Å². The van der Waals surface area contributed by atoms with E-state index in [-0.39, 0.29) is 0 Å². The SMILES string of the molecule is COc1ccc([S@@](N)=O)c(OC)c1. The van der Waals surface area contributed by atoms with Crippen molar-refractivity contribution in [3.8, 4) is 11.5 Å². The second kappa shape index (κ2) is 4.25. The van der Waals surface area contributed by atoms with Crippen LogP contribution in [0.1, 0.15) is 0 Å². The van der Waals surface area contributed by atoms with Crippen molar-refractivity contribution in [3.63, 3.8) is 0 Å². The van der Waals surface area contributed by atoms with Gasteiger partial charge in [0.1, 0.15) is 22.5 Å². The summed E-state index contributed by atoms with van der Waals surface area (Å²) in [6.07, 6.45) is 0. The number of nitrogens with two attached hydrogens (primary N) is 1. The van der Waals surface area contributed by atoms with E-state index in [2.05, 4.69) is 0 Å². The van der Waals surface area contributed by atoms with E-state index in [0.29, 0.717) is 16.4 Å². The minimum atomic E-state index is -1.53. The van der Waals surface area contributed by atoms with Gasteiger partial charge >= 0.3 is 0 Å². The van der Waals surface area contributed by atoms with Crippen LogP contribution in [0.3, 0.4) is 0 Å². The molecule has 13 heavy (non-hydrogen) atoms. The molecule has 0 aromatic heterocycles. The number of hydrogen-bond donors (Lipinski definition) is 1. The van der Waals surface area contributed by atoms with E-state index in [1.54, 1.807) is 25.3 Å². The van der Waals surface area contributed by atoms with E-state index < -0.39 is 11.0 Å².